The van der Waals surface area contributed by atoms with Gasteiger partial charge in [-0.05, 0) is 30.9 Å². The second kappa shape index (κ2) is 8.01. The van der Waals surface area contributed by atoms with Crippen LogP contribution in [0, 0.1) is 17.6 Å². The molecule has 1 aromatic carbocycles. The van der Waals surface area contributed by atoms with E-state index in [-0.39, 0.29) is 18.2 Å². The van der Waals surface area contributed by atoms with Crippen LogP contribution in [0.2, 0.25) is 0 Å². The zero-order valence-corrected chi connectivity index (χ0v) is 12.6. The van der Waals surface area contributed by atoms with Crippen LogP contribution in [-0.4, -0.2) is 29.6 Å². The number of rotatable bonds is 4. The zero-order chi connectivity index (χ0) is 16.8. The predicted octanol–water partition coefficient (Wildman–Crippen LogP) is 1.96. The number of nitrogens with one attached hydrogen (secondary N) is 2. The first-order chi connectivity index (χ1) is 11.0. The number of amides is 2. The van der Waals surface area contributed by atoms with Gasteiger partial charge in [-0.15, -0.1) is 0 Å². The van der Waals surface area contributed by atoms with Gasteiger partial charge in [-0.1, -0.05) is 19.3 Å². The van der Waals surface area contributed by atoms with Crippen LogP contribution in [0.5, 0.6) is 0 Å². The van der Waals surface area contributed by atoms with E-state index in [1.807, 2.05) is 0 Å². The molecule has 3 N–H and O–H groups in total. The minimum atomic E-state index is -1.11. The molecule has 0 saturated heterocycles. The van der Waals surface area contributed by atoms with Crippen molar-refractivity contribution in [1.82, 2.24) is 5.32 Å². The number of aliphatic hydroxyl groups excluding tert-OH is 1. The van der Waals surface area contributed by atoms with Crippen molar-refractivity contribution in [2.45, 2.75) is 38.2 Å². The molecule has 1 fully saturated rings. The van der Waals surface area contributed by atoms with E-state index in [4.69, 9.17) is 0 Å². The predicted molar refractivity (Wildman–Crippen MR) is 80.6 cm³/mol. The lowest BCUT2D eigenvalue weighted by Crippen LogP contribution is -2.42. The van der Waals surface area contributed by atoms with Crippen LogP contribution in [0.15, 0.2) is 18.2 Å². The number of hydrogen-bond donors (Lipinski definition) is 3. The quantitative estimate of drug-likeness (QED) is 0.740. The summed E-state index contributed by atoms with van der Waals surface area (Å²) in [5, 5.41) is 14.6. The first kappa shape index (κ1) is 17.3. The molecule has 0 spiro atoms. The van der Waals surface area contributed by atoms with Crippen molar-refractivity contribution < 1.29 is 23.5 Å². The minimum absolute atomic E-state index is 0.00526. The lowest BCUT2D eigenvalue weighted by Gasteiger charge is -2.26. The zero-order valence-electron chi connectivity index (χ0n) is 12.6. The smallest absolute Gasteiger partial charge is 0.313 e. The topological polar surface area (TPSA) is 78.4 Å². The molecule has 126 valence electrons. The molecule has 2 amide bonds. The van der Waals surface area contributed by atoms with E-state index in [0.29, 0.717) is 0 Å². The van der Waals surface area contributed by atoms with E-state index in [0.717, 1.165) is 50.3 Å². The Balaban J connectivity index is 1.80. The average molecular weight is 326 g/mol. The van der Waals surface area contributed by atoms with Crippen LogP contribution in [-0.2, 0) is 9.59 Å². The van der Waals surface area contributed by atoms with Gasteiger partial charge in [0.15, 0.2) is 11.6 Å². The molecule has 0 unspecified atom stereocenters. The Morgan fingerprint density at radius 2 is 1.83 bits per heavy atom. The number of carbonyl (C=O) groups is 2. The Hall–Kier alpha value is -2.02. The summed E-state index contributed by atoms with van der Waals surface area (Å²) in [6.45, 7) is -0.00526. The molecule has 5 nitrogen and oxygen atoms in total. The summed E-state index contributed by atoms with van der Waals surface area (Å²) < 4.78 is 25.8. The Morgan fingerprint density at radius 1 is 1.13 bits per heavy atom. The van der Waals surface area contributed by atoms with Crippen molar-refractivity contribution in [2.24, 2.45) is 5.92 Å². The van der Waals surface area contributed by atoms with Crippen molar-refractivity contribution in [3.63, 3.8) is 0 Å². The summed E-state index contributed by atoms with van der Waals surface area (Å²) in [5.74, 6) is -3.94. The second-order valence-corrected chi connectivity index (χ2v) is 5.76. The van der Waals surface area contributed by atoms with Crippen molar-refractivity contribution in [3.05, 3.63) is 29.8 Å². The summed E-state index contributed by atoms with van der Waals surface area (Å²) in [6.07, 6.45) is 4.43. The lowest BCUT2D eigenvalue weighted by molar-refractivity contribution is -0.136. The average Bonchev–Trinajstić information content (AvgIpc) is 2.56. The van der Waals surface area contributed by atoms with Gasteiger partial charge < -0.3 is 15.7 Å². The largest absolute Gasteiger partial charge is 0.391 e. The van der Waals surface area contributed by atoms with Gasteiger partial charge in [-0.2, -0.15) is 0 Å². The first-order valence-corrected chi connectivity index (χ1v) is 7.69. The third-order valence-corrected chi connectivity index (χ3v) is 4.05. The van der Waals surface area contributed by atoms with Crippen LogP contribution in [0.3, 0.4) is 0 Å². The third kappa shape index (κ3) is 4.99. The summed E-state index contributed by atoms with van der Waals surface area (Å²) >= 11 is 0. The summed E-state index contributed by atoms with van der Waals surface area (Å²) in [4.78, 5) is 23.4. The van der Waals surface area contributed by atoms with Crippen LogP contribution in [0.4, 0.5) is 14.5 Å². The molecule has 0 radical (unpaired) electrons. The van der Waals surface area contributed by atoms with E-state index in [9.17, 15) is 23.5 Å². The van der Waals surface area contributed by atoms with Gasteiger partial charge in [0.1, 0.15) is 0 Å². The maximum Gasteiger partial charge on any atom is 0.313 e. The van der Waals surface area contributed by atoms with E-state index in [1.165, 1.54) is 0 Å². The van der Waals surface area contributed by atoms with Gasteiger partial charge in [0, 0.05) is 18.3 Å². The van der Waals surface area contributed by atoms with Gasteiger partial charge in [0.25, 0.3) is 0 Å². The van der Waals surface area contributed by atoms with Crippen LogP contribution in [0.25, 0.3) is 0 Å². The molecule has 1 aliphatic rings. The fraction of sp³-hybridized carbons (Fsp3) is 0.500. The van der Waals surface area contributed by atoms with Crippen molar-refractivity contribution in [2.75, 3.05) is 11.9 Å². The molecule has 1 aromatic rings. The number of hydrogen-bond acceptors (Lipinski definition) is 3. The Kier molecular flexibility index (Phi) is 6.04. The SMILES string of the molecule is O=C(NC[C@H](O)C1CCCCC1)C(=O)Nc1ccc(F)c(F)c1. The molecule has 0 aromatic heterocycles. The molecule has 1 atom stereocenters. The van der Waals surface area contributed by atoms with E-state index < -0.39 is 29.6 Å². The van der Waals surface area contributed by atoms with Gasteiger partial charge in [-0.25, -0.2) is 8.78 Å². The molecule has 1 saturated carbocycles. The lowest BCUT2D eigenvalue weighted by atomic mass is 9.85. The molecule has 0 bridgehead atoms. The maximum atomic E-state index is 13.0. The van der Waals surface area contributed by atoms with E-state index in [1.54, 1.807) is 0 Å². The fourth-order valence-electron chi connectivity index (χ4n) is 2.72. The molecule has 23 heavy (non-hydrogen) atoms. The standard InChI is InChI=1S/C16H20F2N2O3/c17-12-7-6-11(8-13(12)18)20-16(23)15(22)19-9-14(21)10-4-2-1-3-5-10/h6-8,10,14,21H,1-5,9H2,(H,19,22)(H,20,23)/t14-/m0/s1. The molecular weight excluding hydrogens is 306 g/mol. The molecule has 7 heteroatoms. The molecular formula is C16H20F2N2O3. The highest BCUT2D eigenvalue weighted by atomic mass is 19.2. The maximum absolute atomic E-state index is 13.0. The molecule has 0 aliphatic heterocycles. The van der Waals surface area contributed by atoms with Crippen LogP contribution in [0.1, 0.15) is 32.1 Å². The van der Waals surface area contributed by atoms with Crippen LogP contribution < -0.4 is 10.6 Å². The third-order valence-electron chi connectivity index (χ3n) is 4.05. The molecule has 1 aliphatic carbocycles. The second-order valence-electron chi connectivity index (χ2n) is 5.76. The summed E-state index contributed by atoms with van der Waals surface area (Å²) in [5.41, 5.74) is -0.0168. The number of halogens is 2. The van der Waals surface area contributed by atoms with Gasteiger partial charge in [0.2, 0.25) is 0 Å². The van der Waals surface area contributed by atoms with Crippen molar-refractivity contribution in [1.29, 1.82) is 0 Å². The van der Waals surface area contributed by atoms with Gasteiger partial charge >= 0.3 is 11.8 Å². The van der Waals surface area contributed by atoms with E-state index in [2.05, 4.69) is 10.6 Å². The van der Waals surface area contributed by atoms with Crippen molar-refractivity contribution in [3.8, 4) is 0 Å². The summed E-state index contributed by atoms with van der Waals surface area (Å²) in [7, 11) is 0. The highest BCUT2D eigenvalue weighted by Gasteiger charge is 2.23. The van der Waals surface area contributed by atoms with E-state index >= 15 is 0 Å². The minimum Gasteiger partial charge on any atom is -0.391 e. The molecule has 0 heterocycles. The normalized spacial score (nSPS) is 16.7. The van der Waals surface area contributed by atoms with Gasteiger partial charge in [-0.3, -0.25) is 9.59 Å². The number of anilines is 1. The number of aliphatic hydroxyl groups is 1. The molecule has 2 rings (SSSR count). The monoisotopic (exact) mass is 326 g/mol. The Morgan fingerprint density at radius 3 is 2.48 bits per heavy atom. The Bertz CT molecular complexity index is 574. The van der Waals surface area contributed by atoms with Gasteiger partial charge in [0.05, 0.1) is 6.10 Å². The highest BCUT2D eigenvalue weighted by molar-refractivity contribution is 6.39. The summed E-state index contributed by atoms with van der Waals surface area (Å²) in [6, 6.07) is 2.80. The fourth-order valence-corrected chi connectivity index (χ4v) is 2.72. The highest BCUT2D eigenvalue weighted by Crippen LogP contribution is 2.26. The first-order valence-electron chi connectivity index (χ1n) is 7.69. The number of benzene rings is 1. The number of carbonyl (C=O) groups excluding carboxylic acids is 2. The van der Waals surface area contributed by atoms with Crippen LogP contribution >= 0.6 is 0 Å². The Labute approximate surface area is 133 Å². The van der Waals surface area contributed by atoms with Crippen molar-refractivity contribution >= 4 is 17.5 Å².